The highest BCUT2D eigenvalue weighted by molar-refractivity contribution is 7.90. The molecule has 1 N–H and O–H groups in total. The first-order valence-corrected chi connectivity index (χ1v) is 8.41. The van der Waals surface area contributed by atoms with E-state index in [0.29, 0.717) is 25.6 Å². The summed E-state index contributed by atoms with van der Waals surface area (Å²) in [6, 6.07) is 2.42. The van der Waals surface area contributed by atoms with Gasteiger partial charge >= 0.3 is 0 Å². The van der Waals surface area contributed by atoms with Crippen LogP contribution in [0.4, 0.5) is 0 Å². The number of sulfone groups is 1. The van der Waals surface area contributed by atoms with E-state index in [4.69, 9.17) is 0 Å². The summed E-state index contributed by atoms with van der Waals surface area (Å²) >= 11 is 0. The first kappa shape index (κ1) is 15.2. The van der Waals surface area contributed by atoms with Crippen LogP contribution in [-0.4, -0.2) is 36.8 Å². The second-order valence-corrected chi connectivity index (χ2v) is 6.96. The van der Waals surface area contributed by atoms with E-state index in [-0.39, 0.29) is 5.75 Å². The second kappa shape index (κ2) is 6.89. The smallest absolute Gasteiger partial charge is 0.147 e. The van der Waals surface area contributed by atoms with E-state index < -0.39 is 9.84 Å². The third-order valence-electron chi connectivity index (χ3n) is 2.88. The van der Waals surface area contributed by atoms with E-state index in [0.717, 1.165) is 12.1 Å². The molecule has 104 valence electrons. The van der Waals surface area contributed by atoms with E-state index in [1.165, 1.54) is 6.26 Å². The lowest BCUT2D eigenvalue weighted by atomic mass is 10.3. The van der Waals surface area contributed by atoms with Crippen molar-refractivity contribution in [3.63, 3.8) is 0 Å². The number of rotatable bonds is 8. The minimum absolute atomic E-state index is 0.237. The molecule has 1 aromatic rings. The molecule has 0 saturated heterocycles. The molecule has 1 heterocycles. The van der Waals surface area contributed by atoms with Crippen LogP contribution in [0.25, 0.3) is 0 Å². The van der Waals surface area contributed by atoms with Gasteiger partial charge in [0.25, 0.3) is 0 Å². The Labute approximate surface area is 109 Å². The third kappa shape index (κ3) is 5.64. The predicted molar refractivity (Wildman–Crippen MR) is 73.3 cm³/mol. The molecule has 0 spiro atoms. The van der Waals surface area contributed by atoms with Crippen LogP contribution >= 0.6 is 0 Å². The normalized spacial score (nSPS) is 13.7. The molecule has 5 nitrogen and oxygen atoms in total. The summed E-state index contributed by atoms with van der Waals surface area (Å²) in [5.74, 6) is 0.237. The highest BCUT2D eigenvalue weighted by Gasteiger charge is 2.04. The van der Waals surface area contributed by atoms with Crippen molar-refractivity contribution in [2.24, 2.45) is 0 Å². The van der Waals surface area contributed by atoms with Gasteiger partial charge in [0.15, 0.2) is 0 Å². The molecule has 1 unspecified atom stereocenters. The van der Waals surface area contributed by atoms with Gasteiger partial charge in [-0.05, 0) is 32.4 Å². The Hall–Kier alpha value is -0.880. The van der Waals surface area contributed by atoms with E-state index >= 15 is 0 Å². The molecular weight excluding hydrogens is 250 g/mol. The number of hydrogen-bond acceptors (Lipinski definition) is 4. The fraction of sp³-hybridized carbons (Fsp3) is 0.750. The van der Waals surface area contributed by atoms with Gasteiger partial charge < -0.3 is 5.32 Å². The average Bonchev–Trinajstić information content (AvgIpc) is 2.75. The zero-order valence-electron chi connectivity index (χ0n) is 11.4. The van der Waals surface area contributed by atoms with Crippen molar-refractivity contribution in [3.8, 4) is 0 Å². The van der Waals surface area contributed by atoms with Crippen LogP contribution in [0.5, 0.6) is 0 Å². The lowest BCUT2D eigenvalue weighted by molar-refractivity contribution is 0.471. The van der Waals surface area contributed by atoms with E-state index in [9.17, 15) is 8.42 Å². The first-order chi connectivity index (χ1) is 8.42. The minimum atomic E-state index is -2.84. The maximum atomic E-state index is 10.9. The summed E-state index contributed by atoms with van der Waals surface area (Å²) in [6.45, 7) is 5.65. The molecule has 0 aromatic carbocycles. The van der Waals surface area contributed by atoms with Crippen LogP contribution in [0.3, 0.4) is 0 Å². The Morgan fingerprint density at radius 3 is 2.83 bits per heavy atom. The predicted octanol–water partition coefficient (Wildman–Crippen LogP) is 1.38. The van der Waals surface area contributed by atoms with Crippen molar-refractivity contribution in [3.05, 3.63) is 18.0 Å². The highest BCUT2D eigenvalue weighted by atomic mass is 32.2. The van der Waals surface area contributed by atoms with Crippen LogP contribution in [0.1, 0.15) is 38.4 Å². The standard InChI is InChI=1S/C12H23N3O2S/c1-4-11(2)15-8-6-12(14-15)10-13-7-5-9-18(3,16)17/h6,8,11,13H,4-5,7,9-10H2,1-3H3. The van der Waals surface area contributed by atoms with Crippen LogP contribution in [0, 0.1) is 0 Å². The van der Waals surface area contributed by atoms with Gasteiger partial charge in [0.1, 0.15) is 9.84 Å². The Kier molecular flexibility index (Phi) is 5.81. The maximum Gasteiger partial charge on any atom is 0.147 e. The maximum absolute atomic E-state index is 10.9. The molecule has 0 fully saturated rings. The molecule has 0 aliphatic carbocycles. The molecule has 18 heavy (non-hydrogen) atoms. The Balaban J connectivity index is 2.25. The molecule has 1 aromatic heterocycles. The molecule has 0 aliphatic rings. The molecule has 1 rings (SSSR count). The summed E-state index contributed by atoms with van der Waals surface area (Å²) < 4.78 is 23.8. The molecule has 6 heteroatoms. The summed E-state index contributed by atoms with van der Waals surface area (Å²) in [4.78, 5) is 0. The SMILES string of the molecule is CCC(C)n1ccc(CNCCCS(C)(=O)=O)n1. The fourth-order valence-electron chi connectivity index (χ4n) is 1.58. The number of nitrogens with zero attached hydrogens (tertiary/aromatic N) is 2. The second-order valence-electron chi connectivity index (χ2n) is 4.70. The molecule has 0 radical (unpaired) electrons. The van der Waals surface area contributed by atoms with Crippen molar-refractivity contribution in [2.45, 2.75) is 39.3 Å². The molecule has 1 atom stereocenters. The summed E-state index contributed by atoms with van der Waals surface area (Å²) in [5.41, 5.74) is 0.995. The number of aromatic nitrogens is 2. The van der Waals surface area contributed by atoms with Crippen LogP contribution in [-0.2, 0) is 16.4 Å². The Bertz CT molecular complexity index is 454. The van der Waals surface area contributed by atoms with E-state index in [1.54, 1.807) is 0 Å². The van der Waals surface area contributed by atoms with E-state index in [2.05, 4.69) is 24.3 Å². The largest absolute Gasteiger partial charge is 0.311 e. The zero-order chi connectivity index (χ0) is 13.6. The van der Waals surface area contributed by atoms with Gasteiger partial charge in [0.2, 0.25) is 0 Å². The molecular formula is C12H23N3O2S. The molecule has 0 amide bonds. The minimum Gasteiger partial charge on any atom is -0.311 e. The van der Waals surface area contributed by atoms with Gasteiger partial charge in [0, 0.05) is 25.0 Å². The van der Waals surface area contributed by atoms with Gasteiger partial charge in [-0.15, -0.1) is 0 Å². The first-order valence-electron chi connectivity index (χ1n) is 6.35. The van der Waals surface area contributed by atoms with E-state index in [1.807, 2.05) is 16.9 Å². The van der Waals surface area contributed by atoms with Crippen molar-refractivity contribution in [1.82, 2.24) is 15.1 Å². The van der Waals surface area contributed by atoms with Gasteiger partial charge in [-0.25, -0.2) is 8.42 Å². The van der Waals surface area contributed by atoms with Crippen LogP contribution < -0.4 is 5.32 Å². The van der Waals surface area contributed by atoms with Crippen molar-refractivity contribution < 1.29 is 8.42 Å². The quantitative estimate of drug-likeness (QED) is 0.727. The summed E-state index contributed by atoms with van der Waals surface area (Å²) in [6.07, 6.45) is 4.95. The van der Waals surface area contributed by atoms with Gasteiger partial charge in [0.05, 0.1) is 11.4 Å². The topological polar surface area (TPSA) is 64.0 Å². The van der Waals surface area contributed by atoms with Crippen molar-refractivity contribution in [2.75, 3.05) is 18.6 Å². The number of nitrogens with one attached hydrogen (secondary N) is 1. The monoisotopic (exact) mass is 273 g/mol. The Morgan fingerprint density at radius 2 is 2.22 bits per heavy atom. The van der Waals surface area contributed by atoms with Crippen molar-refractivity contribution >= 4 is 9.84 Å². The van der Waals surface area contributed by atoms with Crippen LogP contribution in [0.2, 0.25) is 0 Å². The fourth-order valence-corrected chi connectivity index (χ4v) is 2.25. The van der Waals surface area contributed by atoms with Gasteiger partial charge in [-0.3, -0.25) is 4.68 Å². The molecule has 0 aliphatic heterocycles. The highest BCUT2D eigenvalue weighted by Crippen LogP contribution is 2.08. The van der Waals surface area contributed by atoms with Gasteiger partial charge in [-0.1, -0.05) is 6.92 Å². The molecule has 0 saturated carbocycles. The van der Waals surface area contributed by atoms with Crippen LogP contribution in [0.15, 0.2) is 12.3 Å². The Morgan fingerprint density at radius 1 is 1.50 bits per heavy atom. The van der Waals surface area contributed by atoms with Crippen molar-refractivity contribution in [1.29, 1.82) is 0 Å². The number of hydrogen-bond donors (Lipinski definition) is 1. The summed E-state index contributed by atoms with van der Waals surface area (Å²) in [5, 5.41) is 7.67. The lowest BCUT2D eigenvalue weighted by Crippen LogP contribution is -2.18. The zero-order valence-corrected chi connectivity index (χ0v) is 12.2. The summed E-state index contributed by atoms with van der Waals surface area (Å²) in [7, 11) is -2.84. The molecule has 0 bridgehead atoms. The lowest BCUT2D eigenvalue weighted by Gasteiger charge is -2.08. The third-order valence-corrected chi connectivity index (χ3v) is 3.91. The van der Waals surface area contributed by atoms with Gasteiger partial charge in [-0.2, -0.15) is 5.10 Å². The average molecular weight is 273 g/mol.